The molecule has 2 aromatic rings. The van der Waals surface area contributed by atoms with E-state index < -0.39 is 28.5 Å². The van der Waals surface area contributed by atoms with Gasteiger partial charge in [-0.25, -0.2) is 8.42 Å². The summed E-state index contributed by atoms with van der Waals surface area (Å²) in [5.41, 5.74) is 2.28. The number of ether oxygens (including phenoxy) is 1. The van der Waals surface area contributed by atoms with Gasteiger partial charge in [-0.2, -0.15) is 0 Å². The number of carbonyl (C=O) groups is 2. The van der Waals surface area contributed by atoms with Crippen LogP contribution in [0.3, 0.4) is 0 Å². The molecule has 1 aliphatic rings. The van der Waals surface area contributed by atoms with Crippen LogP contribution in [0.4, 0.5) is 5.69 Å². The first-order valence-electron chi connectivity index (χ1n) is 13.8. The first-order chi connectivity index (χ1) is 18.5. The van der Waals surface area contributed by atoms with Crippen LogP contribution in [0.25, 0.3) is 0 Å². The Hall–Kier alpha value is -3.07. The minimum atomic E-state index is -3.77. The molecular formula is C30H43N3O5S. The van der Waals surface area contributed by atoms with Crippen LogP contribution in [0, 0.1) is 0 Å². The van der Waals surface area contributed by atoms with Crippen LogP contribution in [-0.2, 0) is 26.2 Å². The number of carbonyl (C=O) groups excluding carboxylic acids is 2. The van der Waals surface area contributed by atoms with Crippen LogP contribution in [0.15, 0.2) is 48.5 Å². The van der Waals surface area contributed by atoms with E-state index in [1.807, 2.05) is 43.3 Å². The maximum atomic E-state index is 13.9. The van der Waals surface area contributed by atoms with Crippen molar-refractivity contribution in [2.24, 2.45) is 0 Å². The van der Waals surface area contributed by atoms with E-state index in [1.54, 1.807) is 19.2 Å². The van der Waals surface area contributed by atoms with E-state index in [9.17, 15) is 18.0 Å². The molecule has 3 rings (SSSR count). The van der Waals surface area contributed by atoms with Gasteiger partial charge in [-0.05, 0) is 60.6 Å². The van der Waals surface area contributed by atoms with Crippen LogP contribution < -0.4 is 14.4 Å². The highest BCUT2D eigenvalue weighted by Crippen LogP contribution is 2.24. The van der Waals surface area contributed by atoms with Crippen molar-refractivity contribution in [3.63, 3.8) is 0 Å². The van der Waals surface area contributed by atoms with Crippen molar-refractivity contribution < 1.29 is 22.7 Å². The van der Waals surface area contributed by atoms with Gasteiger partial charge in [0.2, 0.25) is 21.8 Å². The van der Waals surface area contributed by atoms with Crippen molar-refractivity contribution in [1.29, 1.82) is 0 Å². The van der Waals surface area contributed by atoms with Gasteiger partial charge >= 0.3 is 0 Å². The van der Waals surface area contributed by atoms with E-state index in [0.29, 0.717) is 23.8 Å². The zero-order valence-corrected chi connectivity index (χ0v) is 24.7. The molecule has 0 aromatic heterocycles. The molecule has 9 heteroatoms. The summed E-state index contributed by atoms with van der Waals surface area (Å²) < 4.78 is 32.2. The average molecular weight is 558 g/mol. The van der Waals surface area contributed by atoms with Crippen molar-refractivity contribution in [2.45, 2.75) is 83.8 Å². The summed E-state index contributed by atoms with van der Waals surface area (Å²) in [5, 5.41) is 3.16. The van der Waals surface area contributed by atoms with Gasteiger partial charge in [0, 0.05) is 12.6 Å². The Morgan fingerprint density at radius 2 is 1.72 bits per heavy atom. The molecule has 1 aliphatic carbocycles. The van der Waals surface area contributed by atoms with E-state index >= 15 is 0 Å². The third-order valence-corrected chi connectivity index (χ3v) is 8.49. The van der Waals surface area contributed by atoms with Crippen LogP contribution in [0.2, 0.25) is 0 Å². The monoisotopic (exact) mass is 557 g/mol. The number of anilines is 1. The molecule has 1 atom stereocenters. The van der Waals surface area contributed by atoms with Crippen molar-refractivity contribution >= 4 is 27.5 Å². The predicted molar refractivity (Wildman–Crippen MR) is 155 cm³/mol. The van der Waals surface area contributed by atoms with Gasteiger partial charge in [0.05, 0.1) is 19.1 Å². The number of nitrogens with one attached hydrogen (secondary N) is 1. The standard InChI is InChI=1S/C30H43N3O5S/c1-6-28(30(35)31-25-12-8-7-9-13-25)32(20-23-11-10-14-27(19-23)38-4)29(34)21-33(39(5,36)37)26-17-15-24(16-18-26)22(2)3/h10-11,14-19,22,25,28H,6-9,12-13,20-21H2,1-5H3,(H,31,35)/t28-/m1/s1. The Balaban J connectivity index is 1.92. The molecule has 39 heavy (non-hydrogen) atoms. The molecular weight excluding hydrogens is 514 g/mol. The molecule has 0 aliphatic heterocycles. The molecule has 1 N–H and O–H groups in total. The van der Waals surface area contributed by atoms with Crippen molar-refractivity contribution in [3.8, 4) is 5.75 Å². The molecule has 0 radical (unpaired) electrons. The third-order valence-electron chi connectivity index (χ3n) is 7.35. The third kappa shape index (κ3) is 8.46. The van der Waals surface area contributed by atoms with E-state index in [0.717, 1.165) is 47.4 Å². The number of sulfonamides is 1. The Kier molecular flexibility index (Phi) is 10.8. The minimum absolute atomic E-state index is 0.0982. The maximum Gasteiger partial charge on any atom is 0.244 e. The summed E-state index contributed by atoms with van der Waals surface area (Å²) in [6, 6.07) is 13.9. The summed E-state index contributed by atoms with van der Waals surface area (Å²) in [6.07, 6.45) is 6.68. The molecule has 0 saturated heterocycles. The molecule has 2 aromatic carbocycles. The quantitative estimate of drug-likeness (QED) is 0.403. The number of methoxy groups -OCH3 is 1. The Morgan fingerprint density at radius 1 is 1.05 bits per heavy atom. The first kappa shape index (κ1) is 30.5. The second-order valence-corrected chi connectivity index (χ2v) is 12.6. The number of benzene rings is 2. The summed E-state index contributed by atoms with van der Waals surface area (Å²) >= 11 is 0. The minimum Gasteiger partial charge on any atom is -0.497 e. The van der Waals surface area contributed by atoms with Gasteiger partial charge in [-0.1, -0.05) is 64.3 Å². The lowest BCUT2D eigenvalue weighted by Gasteiger charge is -2.34. The Bertz CT molecular complexity index is 1210. The second-order valence-electron chi connectivity index (χ2n) is 10.7. The second kappa shape index (κ2) is 13.8. The van der Waals surface area contributed by atoms with Gasteiger partial charge in [0.15, 0.2) is 0 Å². The molecule has 0 unspecified atom stereocenters. The molecule has 214 valence electrons. The molecule has 0 heterocycles. The van der Waals surface area contributed by atoms with E-state index in [1.165, 1.54) is 11.3 Å². The summed E-state index contributed by atoms with van der Waals surface area (Å²) in [6.45, 7) is 5.74. The smallest absolute Gasteiger partial charge is 0.244 e. The van der Waals surface area contributed by atoms with Crippen LogP contribution in [0.5, 0.6) is 5.75 Å². The van der Waals surface area contributed by atoms with Crippen molar-refractivity contribution in [1.82, 2.24) is 10.2 Å². The highest BCUT2D eigenvalue weighted by molar-refractivity contribution is 7.92. The van der Waals surface area contributed by atoms with E-state index in [2.05, 4.69) is 19.2 Å². The first-order valence-corrected chi connectivity index (χ1v) is 15.7. The molecule has 1 fully saturated rings. The van der Waals surface area contributed by atoms with Gasteiger partial charge < -0.3 is 15.0 Å². The average Bonchev–Trinajstić information content (AvgIpc) is 2.91. The SMILES string of the molecule is CC[C@H](C(=O)NC1CCCCC1)N(Cc1cccc(OC)c1)C(=O)CN(c1ccc(C(C)C)cc1)S(C)(=O)=O. The number of nitrogens with zero attached hydrogens (tertiary/aromatic N) is 2. The van der Waals surface area contributed by atoms with Gasteiger partial charge in [0.25, 0.3) is 0 Å². The molecule has 0 bridgehead atoms. The van der Waals surface area contributed by atoms with Crippen molar-refractivity contribution in [2.75, 3.05) is 24.2 Å². The van der Waals surface area contributed by atoms with Crippen molar-refractivity contribution in [3.05, 3.63) is 59.7 Å². The van der Waals surface area contributed by atoms with Gasteiger partial charge in [0.1, 0.15) is 18.3 Å². The van der Waals surface area contributed by atoms with Crippen LogP contribution >= 0.6 is 0 Å². The fourth-order valence-electron chi connectivity index (χ4n) is 5.07. The lowest BCUT2D eigenvalue weighted by molar-refractivity contribution is -0.140. The fourth-order valence-corrected chi connectivity index (χ4v) is 5.92. The maximum absolute atomic E-state index is 13.9. The fraction of sp³-hybridized carbons (Fsp3) is 0.533. The lowest BCUT2D eigenvalue weighted by atomic mass is 9.95. The Morgan fingerprint density at radius 3 is 2.28 bits per heavy atom. The summed E-state index contributed by atoms with van der Waals surface area (Å²) in [5.74, 6) is 0.288. The number of amides is 2. The van der Waals surface area contributed by atoms with Crippen LogP contribution in [0.1, 0.15) is 76.3 Å². The topological polar surface area (TPSA) is 96.0 Å². The normalized spacial score (nSPS) is 15.0. The largest absolute Gasteiger partial charge is 0.497 e. The number of hydrogen-bond acceptors (Lipinski definition) is 5. The van der Waals surface area contributed by atoms with E-state index in [-0.39, 0.29) is 18.5 Å². The Labute approximate surface area is 233 Å². The predicted octanol–water partition coefficient (Wildman–Crippen LogP) is 4.84. The molecule has 2 amide bonds. The van der Waals surface area contributed by atoms with Gasteiger partial charge in [-0.15, -0.1) is 0 Å². The number of rotatable bonds is 12. The van der Waals surface area contributed by atoms with Gasteiger partial charge in [-0.3, -0.25) is 13.9 Å². The zero-order chi connectivity index (χ0) is 28.6. The highest BCUT2D eigenvalue weighted by Gasteiger charge is 2.33. The lowest BCUT2D eigenvalue weighted by Crippen LogP contribution is -2.53. The highest BCUT2D eigenvalue weighted by atomic mass is 32.2. The van der Waals surface area contributed by atoms with Crippen LogP contribution in [-0.4, -0.2) is 57.1 Å². The molecule has 8 nitrogen and oxygen atoms in total. The number of hydrogen-bond donors (Lipinski definition) is 1. The zero-order valence-electron chi connectivity index (χ0n) is 23.9. The summed E-state index contributed by atoms with van der Waals surface area (Å²) in [7, 11) is -2.20. The molecule has 0 spiro atoms. The summed E-state index contributed by atoms with van der Waals surface area (Å²) in [4.78, 5) is 28.9. The molecule has 1 saturated carbocycles. The van der Waals surface area contributed by atoms with E-state index in [4.69, 9.17) is 4.74 Å².